The van der Waals surface area contributed by atoms with Crippen molar-refractivity contribution in [2.45, 2.75) is 31.2 Å². The van der Waals surface area contributed by atoms with Crippen LogP contribution in [0.3, 0.4) is 0 Å². The van der Waals surface area contributed by atoms with E-state index in [2.05, 4.69) is 26.6 Å². The molecule has 1 aliphatic carbocycles. The molecular formula is C22H25FN2OS. The van der Waals surface area contributed by atoms with Gasteiger partial charge in [0.1, 0.15) is 5.82 Å². The Hall–Kier alpha value is -1.72. The Morgan fingerprint density at radius 3 is 2.63 bits per heavy atom. The molecule has 0 radical (unpaired) electrons. The fourth-order valence-corrected chi connectivity index (χ4v) is 5.69. The molecule has 0 bridgehead atoms. The lowest BCUT2D eigenvalue weighted by atomic mass is 9.82. The summed E-state index contributed by atoms with van der Waals surface area (Å²) in [6.45, 7) is 4.18. The van der Waals surface area contributed by atoms with Crippen LogP contribution in [-0.2, 0) is 0 Å². The minimum Gasteiger partial charge on any atom is -0.335 e. The van der Waals surface area contributed by atoms with Gasteiger partial charge in [-0.05, 0) is 71.8 Å². The van der Waals surface area contributed by atoms with Gasteiger partial charge in [-0.2, -0.15) is 11.3 Å². The molecule has 1 saturated carbocycles. The first-order chi connectivity index (χ1) is 13.2. The highest BCUT2D eigenvalue weighted by molar-refractivity contribution is 7.08. The molecule has 2 aliphatic heterocycles. The zero-order valence-electron chi connectivity index (χ0n) is 15.4. The van der Waals surface area contributed by atoms with Gasteiger partial charge in [-0.25, -0.2) is 4.39 Å². The van der Waals surface area contributed by atoms with Crippen molar-refractivity contribution in [3.05, 3.63) is 58.0 Å². The number of likely N-dealkylation sites (tertiary alicyclic amines) is 2. The smallest absolute Gasteiger partial charge is 0.254 e. The maximum Gasteiger partial charge on any atom is 0.254 e. The number of halogens is 1. The molecule has 2 aromatic rings. The lowest BCUT2D eigenvalue weighted by Crippen LogP contribution is -2.48. The monoisotopic (exact) mass is 384 g/mol. The number of fused-ring (bicyclic) bond motifs is 1. The third-order valence-corrected chi connectivity index (χ3v) is 7.25. The predicted molar refractivity (Wildman–Crippen MR) is 106 cm³/mol. The van der Waals surface area contributed by atoms with E-state index in [1.54, 1.807) is 23.5 Å². The first-order valence-corrected chi connectivity index (χ1v) is 10.9. The van der Waals surface area contributed by atoms with Crippen LogP contribution in [-0.4, -0.2) is 47.9 Å². The molecule has 0 spiro atoms. The van der Waals surface area contributed by atoms with Gasteiger partial charge in [0.25, 0.3) is 5.91 Å². The third-order valence-electron chi connectivity index (χ3n) is 6.55. The highest BCUT2D eigenvalue weighted by Gasteiger charge is 2.47. The second-order valence-corrected chi connectivity index (χ2v) is 9.13. The number of hydrogen-bond acceptors (Lipinski definition) is 3. The highest BCUT2D eigenvalue weighted by Crippen LogP contribution is 2.43. The molecule has 1 aromatic carbocycles. The van der Waals surface area contributed by atoms with Crippen LogP contribution >= 0.6 is 11.3 Å². The van der Waals surface area contributed by atoms with Crippen molar-refractivity contribution in [2.75, 3.05) is 26.2 Å². The van der Waals surface area contributed by atoms with E-state index in [-0.39, 0.29) is 11.7 Å². The Morgan fingerprint density at radius 1 is 1.11 bits per heavy atom. The predicted octanol–water partition coefficient (Wildman–Crippen LogP) is 4.23. The van der Waals surface area contributed by atoms with Gasteiger partial charge in [-0.3, -0.25) is 4.79 Å². The highest BCUT2D eigenvalue weighted by atomic mass is 32.1. The summed E-state index contributed by atoms with van der Waals surface area (Å²) in [5, 5.41) is 4.38. The zero-order chi connectivity index (χ0) is 18.4. The van der Waals surface area contributed by atoms with Crippen molar-refractivity contribution in [2.24, 2.45) is 11.8 Å². The van der Waals surface area contributed by atoms with Gasteiger partial charge in [0, 0.05) is 49.6 Å². The van der Waals surface area contributed by atoms with Gasteiger partial charge in [0.2, 0.25) is 0 Å². The van der Waals surface area contributed by atoms with Gasteiger partial charge in [-0.15, -0.1) is 0 Å². The number of thiophene rings is 1. The Bertz CT molecular complexity index is 802. The number of hydrogen-bond donors (Lipinski definition) is 0. The molecule has 0 N–H and O–H groups in total. The second kappa shape index (κ2) is 7.02. The summed E-state index contributed by atoms with van der Waals surface area (Å²) in [5.74, 6) is 1.57. The molecule has 2 saturated heterocycles. The van der Waals surface area contributed by atoms with E-state index < -0.39 is 0 Å². The van der Waals surface area contributed by atoms with Crippen LogP contribution in [0, 0.1) is 17.7 Å². The molecular weight excluding hydrogens is 359 g/mol. The van der Waals surface area contributed by atoms with E-state index in [1.165, 1.54) is 37.1 Å². The van der Waals surface area contributed by atoms with Crippen molar-refractivity contribution < 1.29 is 9.18 Å². The van der Waals surface area contributed by atoms with Crippen LogP contribution in [0.4, 0.5) is 4.39 Å². The largest absolute Gasteiger partial charge is 0.335 e. The second-order valence-electron chi connectivity index (χ2n) is 8.35. The summed E-state index contributed by atoms with van der Waals surface area (Å²) in [6.07, 6.45) is 3.81. The number of rotatable bonds is 4. The van der Waals surface area contributed by atoms with Gasteiger partial charge >= 0.3 is 0 Å². The first-order valence-electron chi connectivity index (χ1n) is 10.00. The van der Waals surface area contributed by atoms with Crippen LogP contribution < -0.4 is 0 Å². The minimum atomic E-state index is -0.296. The van der Waals surface area contributed by atoms with Crippen molar-refractivity contribution >= 4 is 17.2 Å². The quantitative estimate of drug-likeness (QED) is 0.788. The zero-order valence-corrected chi connectivity index (χ0v) is 16.2. The summed E-state index contributed by atoms with van der Waals surface area (Å²) in [7, 11) is 0. The summed E-state index contributed by atoms with van der Waals surface area (Å²) in [6, 6.07) is 8.52. The van der Waals surface area contributed by atoms with E-state index in [9.17, 15) is 9.18 Å². The summed E-state index contributed by atoms with van der Waals surface area (Å²) in [4.78, 5) is 17.9. The normalized spacial score (nSPS) is 28.3. The molecule has 142 valence electrons. The summed E-state index contributed by atoms with van der Waals surface area (Å²) in [5.41, 5.74) is 1.97. The lowest BCUT2D eigenvalue weighted by Gasteiger charge is -2.39. The molecule has 3 atom stereocenters. The SMILES string of the molecule is O=C(c1ccc(F)cc1)N1C[C@@H](c2ccsc2)[C@@H]2CN(CC3CC3)CC[C@@H]21. The number of nitrogens with zero attached hydrogens (tertiary/aromatic N) is 2. The van der Waals surface area contributed by atoms with E-state index in [0.29, 0.717) is 23.4 Å². The Balaban J connectivity index is 1.40. The number of carbonyl (C=O) groups is 1. The lowest BCUT2D eigenvalue weighted by molar-refractivity contribution is 0.0617. The molecule has 5 heteroatoms. The maximum absolute atomic E-state index is 13.3. The molecule has 27 heavy (non-hydrogen) atoms. The van der Waals surface area contributed by atoms with E-state index >= 15 is 0 Å². The molecule has 1 amide bonds. The maximum atomic E-state index is 13.3. The van der Waals surface area contributed by atoms with Crippen molar-refractivity contribution in [3.8, 4) is 0 Å². The van der Waals surface area contributed by atoms with Crippen LogP contribution in [0.1, 0.15) is 41.1 Å². The molecule has 3 nitrogen and oxygen atoms in total. The number of piperidine rings is 1. The molecule has 3 fully saturated rings. The topological polar surface area (TPSA) is 23.6 Å². The molecule has 0 unspecified atom stereocenters. The first kappa shape index (κ1) is 17.4. The van der Waals surface area contributed by atoms with Gasteiger partial charge in [0.05, 0.1) is 0 Å². The van der Waals surface area contributed by atoms with Crippen LogP contribution in [0.5, 0.6) is 0 Å². The minimum absolute atomic E-state index is 0.0540. The fourth-order valence-electron chi connectivity index (χ4n) is 4.97. The molecule has 3 aliphatic rings. The van der Waals surface area contributed by atoms with Gasteiger partial charge < -0.3 is 9.80 Å². The van der Waals surface area contributed by atoms with Crippen molar-refractivity contribution in [1.82, 2.24) is 9.80 Å². The number of carbonyl (C=O) groups excluding carboxylic acids is 1. The molecule has 5 rings (SSSR count). The average molecular weight is 385 g/mol. The third kappa shape index (κ3) is 3.43. The van der Waals surface area contributed by atoms with E-state index in [0.717, 1.165) is 32.0 Å². The Labute approximate surface area is 163 Å². The van der Waals surface area contributed by atoms with Gasteiger partial charge in [0.15, 0.2) is 0 Å². The van der Waals surface area contributed by atoms with Crippen molar-refractivity contribution in [3.63, 3.8) is 0 Å². The van der Waals surface area contributed by atoms with Crippen LogP contribution in [0.2, 0.25) is 0 Å². The fraction of sp³-hybridized carbons (Fsp3) is 0.500. The summed E-state index contributed by atoms with van der Waals surface area (Å²) < 4.78 is 13.3. The molecule has 1 aromatic heterocycles. The van der Waals surface area contributed by atoms with Gasteiger partial charge in [-0.1, -0.05) is 0 Å². The van der Waals surface area contributed by atoms with E-state index in [1.807, 2.05) is 0 Å². The van der Waals surface area contributed by atoms with Crippen molar-refractivity contribution in [1.29, 1.82) is 0 Å². The Kier molecular flexibility index (Phi) is 4.52. The number of amides is 1. The number of benzene rings is 1. The van der Waals surface area contributed by atoms with Crippen LogP contribution in [0.25, 0.3) is 0 Å². The van der Waals surface area contributed by atoms with E-state index in [4.69, 9.17) is 0 Å². The Morgan fingerprint density at radius 2 is 1.93 bits per heavy atom. The van der Waals surface area contributed by atoms with Crippen LogP contribution in [0.15, 0.2) is 41.1 Å². The molecule has 3 heterocycles. The summed E-state index contributed by atoms with van der Waals surface area (Å²) >= 11 is 1.74. The standard InChI is InChI=1S/C22H25FN2OS/c23-18-5-3-16(4-6-18)22(26)25-13-19(17-8-10-27-14-17)20-12-24(9-7-21(20)25)11-15-1-2-15/h3-6,8,10,14-15,19-21H,1-2,7,9,11-13H2/t19-,20-,21-/m0/s1. The average Bonchev–Trinajstić information content (AvgIpc) is 3.19.